The lowest BCUT2D eigenvalue weighted by Gasteiger charge is -2.15. The summed E-state index contributed by atoms with van der Waals surface area (Å²) in [5.74, 6) is 0.488. The summed E-state index contributed by atoms with van der Waals surface area (Å²) < 4.78 is 4.78. The lowest BCUT2D eigenvalue weighted by molar-refractivity contribution is -0.114. The minimum atomic E-state index is -0.839. The molecule has 1 aliphatic rings. The average Bonchev–Trinajstić information content (AvgIpc) is 2.18. The number of hydrogen-bond acceptors (Lipinski definition) is 3. The van der Waals surface area contributed by atoms with E-state index in [2.05, 4.69) is 0 Å². The number of amides is 1. The molecule has 0 aliphatic heterocycles. The van der Waals surface area contributed by atoms with Crippen molar-refractivity contribution in [2.75, 3.05) is 0 Å². The van der Waals surface area contributed by atoms with Gasteiger partial charge in [0.1, 0.15) is 5.75 Å². The van der Waals surface area contributed by atoms with Crippen molar-refractivity contribution < 1.29 is 14.3 Å². The number of benzene rings is 1. The van der Waals surface area contributed by atoms with Gasteiger partial charge in [-0.25, -0.2) is 4.79 Å². The van der Waals surface area contributed by atoms with E-state index in [1.165, 1.54) is 0 Å². The average molecular weight is 217 g/mol. The molecule has 0 bridgehead atoms. The molecule has 2 rings (SSSR count). The molecule has 1 aromatic rings. The Morgan fingerprint density at radius 3 is 2.88 bits per heavy atom. The Balaban J connectivity index is 2.41. The van der Waals surface area contributed by atoms with Crippen LogP contribution in [0.25, 0.3) is 5.57 Å². The Hall–Kier alpha value is -2.10. The second-order valence-electron chi connectivity index (χ2n) is 3.71. The van der Waals surface area contributed by atoms with Crippen LogP contribution in [-0.4, -0.2) is 11.9 Å². The second-order valence-corrected chi connectivity index (χ2v) is 3.71. The summed E-state index contributed by atoms with van der Waals surface area (Å²) in [6.45, 7) is 1.85. The van der Waals surface area contributed by atoms with Crippen molar-refractivity contribution in [3.63, 3.8) is 0 Å². The van der Waals surface area contributed by atoms with Gasteiger partial charge in [-0.15, -0.1) is 0 Å². The van der Waals surface area contributed by atoms with Crippen LogP contribution in [0.1, 0.15) is 18.1 Å². The van der Waals surface area contributed by atoms with Gasteiger partial charge in [0.15, 0.2) is 5.78 Å². The summed E-state index contributed by atoms with van der Waals surface area (Å²) >= 11 is 0. The molecule has 4 heteroatoms. The zero-order valence-electron chi connectivity index (χ0n) is 8.82. The number of ketones is 1. The minimum absolute atomic E-state index is 0.0913. The Bertz CT molecular complexity index is 503. The largest absolute Gasteiger partial charge is 0.410 e. The van der Waals surface area contributed by atoms with Gasteiger partial charge >= 0.3 is 6.09 Å². The van der Waals surface area contributed by atoms with E-state index in [-0.39, 0.29) is 5.78 Å². The van der Waals surface area contributed by atoms with Crippen molar-refractivity contribution in [2.45, 2.75) is 13.3 Å². The molecular formula is C12H11NO3. The lowest BCUT2D eigenvalue weighted by atomic mass is 9.91. The van der Waals surface area contributed by atoms with E-state index >= 15 is 0 Å². The zero-order valence-corrected chi connectivity index (χ0v) is 8.82. The fourth-order valence-corrected chi connectivity index (χ4v) is 1.81. The molecule has 82 valence electrons. The number of nitrogens with two attached hydrogens (primary N) is 1. The molecule has 2 N–H and O–H groups in total. The van der Waals surface area contributed by atoms with Gasteiger partial charge < -0.3 is 10.5 Å². The molecule has 0 aromatic heterocycles. The fraction of sp³-hybridized carbons (Fsp3) is 0.167. The highest BCUT2D eigenvalue weighted by Crippen LogP contribution is 2.28. The lowest BCUT2D eigenvalue weighted by Crippen LogP contribution is -2.16. The highest BCUT2D eigenvalue weighted by atomic mass is 16.5. The Morgan fingerprint density at radius 1 is 1.44 bits per heavy atom. The third kappa shape index (κ3) is 1.95. The third-order valence-corrected chi connectivity index (χ3v) is 2.47. The maximum atomic E-state index is 11.3. The second kappa shape index (κ2) is 3.81. The van der Waals surface area contributed by atoms with Crippen LogP contribution in [-0.2, 0) is 11.2 Å². The number of carbonyl (C=O) groups is 2. The van der Waals surface area contributed by atoms with Crippen LogP contribution in [0, 0.1) is 0 Å². The monoisotopic (exact) mass is 217 g/mol. The van der Waals surface area contributed by atoms with Crippen LogP contribution >= 0.6 is 0 Å². The first kappa shape index (κ1) is 10.4. The van der Waals surface area contributed by atoms with Gasteiger partial charge in [0.05, 0.1) is 0 Å². The van der Waals surface area contributed by atoms with Gasteiger partial charge in [0.25, 0.3) is 0 Å². The zero-order chi connectivity index (χ0) is 11.7. The maximum absolute atomic E-state index is 11.3. The first-order valence-corrected chi connectivity index (χ1v) is 4.88. The predicted molar refractivity (Wildman–Crippen MR) is 59.0 cm³/mol. The molecule has 1 amide bonds. The van der Waals surface area contributed by atoms with E-state index in [0.29, 0.717) is 12.2 Å². The normalized spacial score (nSPS) is 14.1. The van der Waals surface area contributed by atoms with Gasteiger partial charge in [0, 0.05) is 6.42 Å². The molecule has 0 saturated carbocycles. The summed E-state index contributed by atoms with van der Waals surface area (Å²) in [4.78, 5) is 21.9. The summed E-state index contributed by atoms with van der Waals surface area (Å²) in [6.07, 6.45) is 1.15. The summed E-state index contributed by atoms with van der Waals surface area (Å²) in [5.41, 5.74) is 7.68. The Morgan fingerprint density at radius 2 is 2.19 bits per heavy atom. The number of rotatable bonds is 1. The van der Waals surface area contributed by atoms with Crippen molar-refractivity contribution in [2.24, 2.45) is 5.73 Å². The van der Waals surface area contributed by atoms with Crippen LogP contribution in [0.15, 0.2) is 24.3 Å². The molecule has 1 aromatic carbocycles. The first-order valence-electron chi connectivity index (χ1n) is 4.88. The van der Waals surface area contributed by atoms with Crippen LogP contribution in [0.3, 0.4) is 0 Å². The summed E-state index contributed by atoms with van der Waals surface area (Å²) in [7, 11) is 0. The molecule has 0 saturated heterocycles. The Kier molecular flexibility index (Phi) is 2.48. The predicted octanol–water partition coefficient (Wildman–Crippen LogP) is 1.67. The number of allylic oxidation sites excluding steroid dienone is 2. The molecule has 16 heavy (non-hydrogen) atoms. The van der Waals surface area contributed by atoms with Gasteiger partial charge in [-0.3, -0.25) is 4.79 Å². The minimum Gasteiger partial charge on any atom is -0.410 e. The van der Waals surface area contributed by atoms with Crippen molar-refractivity contribution in [3.05, 3.63) is 35.4 Å². The molecule has 0 unspecified atom stereocenters. The smallest absolute Gasteiger partial charge is 0.409 e. The number of primary amides is 1. The van der Waals surface area contributed by atoms with Crippen molar-refractivity contribution in [1.29, 1.82) is 0 Å². The molecule has 1 aliphatic carbocycles. The number of fused-ring (bicyclic) bond motifs is 1. The van der Waals surface area contributed by atoms with Crippen molar-refractivity contribution >= 4 is 17.4 Å². The molecule has 0 fully saturated rings. The Labute approximate surface area is 92.7 Å². The topological polar surface area (TPSA) is 69.4 Å². The van der Waals surface area contributed by atoms with E-state index in [1.54, 1.807) is 24.3 Å². The molecule has 0 radical (unpaired) electrons. The third-order valence-electron chi connectivity index (χ3n) is 2.47. The van der Waals surface area contributed by atoms with Crippen LogP contribution in [0.4, 0.5) is 4.79 Å². The SMILES string of the molecule is CC1=CC(=O)Cc2ccc(OC(N)=O)cc21. The van der Waals surface area contributed by atoms with Crippen LogP contribution in [0.2, 0.25) is 0 Å². The molecular weight excluding hydrogens is 206 g/mol. The highest BCUT2D eigenvalue weighted by Gasteiger charge is 2.15. The molecule has 0 spiro atoms. The van der Waals surface area contributed by atoms with E-state index in [9.17, 15) is 9.59 Å². The quantitative estimate of drug-likeness (QED) is 0.777. The number of ether oxygens (including phenoxy) is 1. The molecule has 0 heterocycles. The van der Waals surface area contributed by atoms with E-state index in [4.69, 9.17) is 10.5 Å². The van der Waals surface area contributed by atoms with E-state index in [1.807, 2.05) is 6.92 Å². The van der Waals surface area contributed by atoms with E-state index < -0.39 is 6.09 Å². The van der Waals surface area contributed by atoms with Crippen LogP contribution in [0.5, 0.6) is 5.75 Å². The first-order chi connectivity index (χ1) is 7.56. The van der Waals surface area contributed by atoms with E-state index in [0.717, 1.165) is 16.7 Å². The van der Waals surface area contributed by atoms with Crippen molar-refractivity contribution in [1.82, 2.24) is 0 Å². The molecule has 4 nitrogen and oxygen atoms in total. The number of hydrogen-bond donors (Lipinski definition) is 1. The van der Waals surface area contributed by atoms with Gasteiger partial charge in [0.2, 0.25) is 0 Å². The van der Waals surface area contributed by atoms with Gasteiger partial charge in [-0.05, 0) is 41.8 Å². The van der Waals surface area contributed by atoms with Gasteiger partial charge in [-0.1, -0.05) is 6.07 Å². The number of carbonyl (C=O) groups excluding carboxylic acids is 2. The fourth-order valence-electron chi connectivity index (χ4n) is 1.81. The maximum Gasteiger partial charge on any atom is 0.409 e. The van der Waals surface area contributed by atoms with Crippen molar-refractivity contribution in [3.8, 4) is 5.75 Å². The summed E-state index contributed by atoms with van der Waals surface area (Å²) in [6, 6.07) is 5.13. The van der Waals surface area contributed by atoms with Crippen LogP contribution < -0.4 is 10.5 Å². The summed E-state index contributed by atoms with van der Waals surface area (Å²) in [5, 5.41) is 0. The van der Waals surface area contributed by atoms with Gasteiger partial charge in [-0.2, -0.15) is 0 Å². The highest BCUT2D eigenvalue weighted by molar-refractivity contribution is 6.01. The standard InChI is InChI=1S/C12H11NO3/c1-7-4-9(14)5-8-2-3-10(6-11(7)8)16-12(13)15/h2-4,6H,5H2,1H3,(H2,13,15). The molecule has 0 atom stereocenters.